The molecule has 0 aromatic rings. The molecule has 0 saturated heterocycles. The SMILES string of the molecule is CC(=O)O/C=C(/Cl)C=O.CN(C)/C=C(/Cl)C=[N+](C)C.N/C=C(/Cl)C=O.O=C/C(Cl)=C/Cl.O=C/C(Cl)=C\O. The van der Waals surface area contributed by atoms with Crippen LogP contribution in [0.1, 0.15) is 6.92 Å². The molecule has 0 amide bonds. The zero-order valence-electron chi connectivity index (χ0n) is 20.4. The Bertz CT molecular complexity index is 812. The molecule has 0 radical (unpaired) electrons. The van der Waals surface area contributed by atoms with Crippen molar-refractivity contribution in [3.8, 4) is 0 Å². The van der Waals surface area contributed by atoms with Crippen molar-refractivity contribution in [1.29, 1.82) is 0 Å². The van der Waals surface area contributed by atoms with E-state index in [1.807, 2.05) is 50.1 Å². The molecule has 0 atom stereocenters. The molecule has 0 unspecified atom stereocenters. The van der Waals surface area contributed by atoms with Crippen molar-refractivity contribution in [1.82, 2.24) is 4.90 Å². The molecule has 0 aliphatic heterocycles. The van der Waals surface area contributed by atoms with Gasteiger partial charge in [0.2, 0.25) is 0 Å². The summed E-state index contributed by atoms with van der Waals surface area (Å²) >= 11 is 30.8. The van der Waals surface area contributed by atoms with Crippen LogP contribution in [0.2, 0.25) is 0 Å². The summed E-state index contributed by atoms with van der Waals surface area (Å²) in [5.74, 6) is -0.505. The number of carbonyl (C=O) groups is 5. The molecule has 0 aliphatic rings. The molecule has 0 aromatic heterocycles. The largest absolute Gasteiger partial charge is 0.514 e. The lowest BCUT2D eigenvalue weighted by molar-refractivity contribution is -0.458. The van der Waals surface area contributed by atoms with E-state index in [2.05, 4.69) is 4.74 Å². The van der Waals surface area contributed by atoms with Crippen LogP contribution in [0.15, 0.2) is 55.6 Å². The van der Waals surface area contributed by atoms with E-state index >= 15 is 0 Å². The number of aliphatic hydroxyl groups excluding tert-OH is 1. The second kappa shape index (κ2) is 33.7. The number of aldehydes is 4. The Morgan fingerprint density at radius 3 is 1.43 bits per heavy atom. The van der Waals surface area contributed by atoms with Gasteiger partial charge in [-0.3, -0.25) is 24.0 Å². The van der Waals surface area contributed by atoms with Gasteiger partial charge in [-0.25, -0.2) is 4.58 Å². The summed E-state index contributed by atoms with van der Waals surface area (Å²) in [5, 5.41) is 8.28. The van der Waals surface area contributed by atoms with Gasteiger partial charge in [0.1, 0.15) is 41.7 Å². The van der Waals surface area contributed by atoms with Crippen LogP contribution in [0.4, 0.5) is 0 Å². The predicted molar refractivity (Wildman–Crippen MR) is 150 cm³/mol. The summed E-state index contributed by atoms with van der Waals surface area (Å²) in [6.07, 6.45) is 7.82. The van der Waals surface area contributed by atoms with Crippen molar-refractivity contribution in [3.63, 3.8) is 0 Å². The average Bonchev–Trinajstić information content (AvgIpc) is 2.85. The molecule has 16 heteroatoms. The van der Waals surface area contributed by atoms with Crippen molar-refractivity contribution in [2.24, 2.45) is 5.73 Å². The van der Waals surface area contributed by atoms with Crippen molar-refractivity contribution in [2.45, 2.75) is 6.92 Å². The molecule has 0 rings (SSSR count). The van der Waals surface area contributed by atoms with E-state index in [4.69, 9.17) is 80.4 Å². The van der Waals surface area contributed by atoms with Crippen LogP contribution in [-0.4, -0.2) is 80.1 Å². The highest BCUT2D eigenvalue weighted by molar-refractivity contribution is 6.43. The first-order chi connectivity index (χ1) is 17.1. The first kappa shape index (κ1) is 44.6. The van der Waals surface area contributed by atoms with E-state index < -0.39 is 5.97 Å². The number of allylic oxidation sites excluding steroid dienone is 5. The quantitative estimate of drug-likeness (QED) is 0.103. The minimum atomic E-state index is -0.505. The second-order valence-electron chi connectivity index (χ2n) is 5.71. The fraction of sp³-hybridized carbons (Fsp3) is 0.238. The second-order valence-corrected chi connectivity index (χ2v) is 8.11. The van der Waals surface area contributed by atoms with Crippen LogP contribution in [0.3, 0.4) is 0 Å². The first-order valence-corrected chi connectivity index (χ1v) is 11.4. The van der Waals surface area contributed by atoms with Crippen molar-refractivity contribution >= 4 is 107 Å². The number of nitrogens with zero attached hydrogens (tertiary/aromatic N) is 2. The molecule has 3 N–H and O–H groups in total. The van der Waals surface area contributed by atoms with E-state index in [0.717, 1.165) is 23.0 Å². The molecule has 0 heterocycles. The van der Waals surface area contributed by atoms with E-state index in [0.29, 0.717) is 31.4 Å². The number of esters is 1. The zero-order valence-corrected chi connectivity index (χ0v) is 24.9. The van der Waals surface area contributed by atoms with Crippen LogP contribution in [0.5, 0.6) is 0 Å². The monoisotopic (exact) mass is 644 g/mol. The van der Waals surface area contributed by atoms with Gasteiger partial charge in [-0.05, 0) is 0 Å². The Kier molecular flexibility index (Phi) is 40.6. The maximum atomic E-state index is 10.0. The van der Waals surface area contributed by atoms with Crippen LogP contribution in [0.25, 0.3) is 0 Å². The minimum Gasteiger partial charge on any atom is -0.514 e. The van der Waals surface area contributed by atoms with Crippen molar-refractivity contribution < 1.29 is 38.4 Å². The summed E-state index contributed by atoms with van der Waals surface area (Å²) in [7, 11) is 7.75. The van der Waals surface area contributed by atoms with E-state index in [-0.39, 0.29) is 20.1 Å². The summed E-state index contributed by atoms with van der Waals surface area (Å²) in [6, 6.07) is 0. The number of ether oxygens (including phenoxy) is 1. The van der Waals surface area contributed by atoms with Gasteiger partial charge in [0.25, 0.3) is 0 Å². The van der Waals surface area contributed by atoms with Gasteiger partial charge in [-0.2, -0.15) is 0 Å². The number of rotatable bonds is 7. The van der Waals surface area contributed by atoms with E-state index in [1.165, 1.54) is 6.92 Å². The lowest BCUT2D eigenvalue weighted by atomic mass is 10.6. The normalized spacial score (nSPS) is 11.1. The fourth-order valence-corrected chi connectivity index (χ4v) is 1.28. The van der Waals surface area contributed by atoms with Gasteiger partial charge < -0.3 is 20.5 Å². The average molecular weight is 647 g/mol. The number of halogens is 6. The minimum absolute atomic E-state index is 0.0247. The Balaban J connectivity index is -0.000000118. The molecule has 210 valence electrons. The molecule has 0 saturated carbocycles. The molecule has 0 aromatic carbocycles. The highest BCUT2D eigenvalue weighted by Gasteiger charge is 1.91. The molecular weight excluding hydrogens is 619 g/mol. The van der Waals surface area contributed by atoms with Gasteiger partial charge in [0.15, 0.2) is 31.4 Å². The summed E-state index contributed by atoms with van der Waals surface area (Å²) in [6.45, 7) is 1.21. The Morgan fingerprint density at radius 1 is 0.838 bits per heavy atom. The van der Waals surface area contributed by atoms with Crippen LogP contribution in [0, 0.1) is 0 Å². The van der Waals surface area contributed by atoms with Crippen LogP contribution in [-0.2, 0) is 28.7 Å². The summed E-state index contributed by atoms with van der Waals surface area (Å²) < 4.78 is 6.14. The lowest BCUT2D eigenvalue weighted by Gasteiger charge is -2.02. The van der Waals surface area contributed by atoms with Gasteiger partial charge in [-0.1, -0.05) is 69.6 Å². The first-order valence-electron chi connectivity index (χ1n) is 9.03. The highest BCUT2D eigenvalue weighted by Crippen LogP contribution is 1.97. The maximum absolute atomic E-state index is 10.0. The Labute approximate surface area is 245 Å². The third kappa shape index (κ3) is 55.5. The molecule has 10 nitrogen and oxygen atoms in total. The lowest BCUT2D eigenvalue weighted by Crippen LogP contribution is -2.04. The molecule has 0 fully saturated rings. The molecule has 0 spiro atoms. The molecule has 0 bridgehead atoms. The van der Waals surface area contributed by atoms with Crippen LogP contribution < -0.4 is 5.73 Å². The fourth-order valence-electron chi connectivity index (χ4n) is 0.789. The van der Waals surface area contributed by atoms with Crippen LogP contribution >= 0.6 is 69.6 Å². The smallest absolute Gasteiger partial charge is 0.307 e. The third-order valence-electron chi connectivity index (χ3n) is 1.94. The number of aliphatic hydroxyl groups is 1. The third-order valence-corrected chi connectivity index (χ3v) is 3.26. The number of nitrogens with two attached hydrogens (primary N) is 1. The van der Waals surface area contributed by atoms with Crippen molar-refractivity contribution in [3.05, 3.63) is 55.6 Å². The number of hydrogen-bond acceptors (Lipinski definition) is 9. The maximum Gasteiger partial charge on any atom is 0.307 e. The number of hydrogen-bond donors (Lipinski definition) is 2. The predicted octanol–water partition coefficient (Wildman–Crippen LogP) is 4.35. The number of carbonyl (C=O) groups excluding carboxylic acids is 5. The molecule has 0 aliphatic carbocycles. The molecule has 37 heavy (non-hydrogen) atoms. The van der Waals surface area contributed by atoms with Gasteiger partial charge in [-0.15, -0.1) is 0 Å². The summed E-state index contributed by atoms with van der Waals surface area (Å²) in [4.78, 5) is 49.9. The highest BCUT2D eigenvalue weighted by atomic mass is 35.5. The standard InChI is InChI=1S/C7H14ClN2.C5H5ClO3.C3H2Cl2O.C3H4ClNO.C3H3ClO2/c1-9(2)5-7(8)6-10(3)4;1-4(8)9-3-5(6)2-7;4-1-3(5)2-6;2*4-3(1-5)2-6/h5-6H,1-4H3;2-3H,1H3;1-2H;1-2H,5H2;1-2,5H/q+1;;;;/b;5-3+;3-1-;2*3-1+. The zero-order chi connectivity index (χ0) is 30.4. The van der Waals surface area contributed by atoms with Gasteiger partial charge in [0, 0.05) is 39.0 Å². The van der Waals surface area contributed by atoms with Gasteiger partial charge >= 0.3 is 5.97 Å². The van der Waals surface area contributed by atoms with E-state index in [1.54, 1.807) is 0 Å². The topological polar surface area (TPSA) is 147 Å². The Morgan fingerprint density at radius 2 is 1.27 bits per heavy atom. The van der Waals surface area contributed by atoms with Gasteiger partial charge in [0.05, 0.1) is 10.1 Å². The van der Waals surface area contributed by atoms with E-state index in [9.17, 15) is 24.0 Å². The molecular formula is C21H28Cl6N3O7+. The Hall–Kier alpha value is -2.34. The van der Waals surface area contributed by atoms with Crippen molar-refractivity contribution in [2.75, 3.05) is 28.2 Å². The summed E-state index contributed by atoms with van der Waals surface area (Å²) in [5.41, 5.74) is 5.77.